The first-order valence-corrected chi connectivity index (χ1v) is 9.74. The van der Waals surface area contributed by atoms with Gasteiger partial charge >= 0.3 is 0 Å². The zero-order valence-corrected chi connectivity index (χ0v) is 17.1. The molecule has 0 fully saturated rings. The van der Waals surface area contributed by atoms with Crippen molar-refractivity contribution in [1.29, 1.82) is 0 Å². The highest BCUT2D eigenvalue weighted by molar-refractivity contribution is 5.88. The molecule has 2 aromatic rings. The van der Waals surface area contributed by atoms with Crippen molar-refractivity contribution in [2.24, 2.45) is 0 Å². The molecular weight excluding hydrogens is 352 g/mol. The number of benzene rings is 2. The van der Waals surface area contributed by atoms with E-state index >= 15 is 0 Å². The highest BCUT2D eigenvalue weighted by Crippen LogP contribution is 2.16. The van der Waals surface area contributed by atoms with E-state index in [-0.39, 0.29) is 24.5 Å². The van der Waals surface area contributed by atoms with Crippen LogP contribution in [0.3, 0.4) is 0 Å². The molecule has 2 rings (SSSR count). The number of ether oxygens (including phenoxy) is 1. The number of carbonyl (C=O) groups excluding carboxylic acids is 2. The minimum Gasteiger partial charge on any atom is -0.484 e. The fourth-order valence-corrected chi connectivity index (χ4v) is 3.02. The van der Waals surface area contributed by atoms with E-state index in [0.29, 0.717) is 18.7 Å². The van der Waals surface area contributed by atoms with Gasteiger partial charge < -0.3 is 15.0 Å². The Morgan fingerprint density at radius 3 is 2.29 bits per heavy atom. The van der Waals surface area contributed by atoms with Crippen molar-refractivity contribution >= 4 is 11.8 Å². The highest BCUT2D eigenvalue weighted by atomic mass is 16.5. The summed E-state index contributed by atoms with van der Waals surface area (Å²) >= 11 is 0. The number of para-hydroxylation sites is 1. The van der Waals surface area contributed by atoms with Crippen molar-refractivity contribution in [2.75, 3.05) is 6.61 Å². The Labute approximate surface area is 167 Å². The third-order valence-corrected chi connectivity index (χ3v) is 4.52. The number of nitrogens with zero attached hydrogens (tertiary/aromatic N) is 1. The third-order valence-electron chi connectivity index (χ3n) is 4.52. The maximum absolute atomic E-state index is 13.0. The summed E-state index contributed by atoms with van der Waals surface area (Å²) in [5.41, 5.74) is 2.11. The lowest BCUT2D eigenvalue weighted by Crippen LogP contribution is -2.51. The van der Waals surface area contributed by atoms with Gasteiger partial charge in [0.05, 0.1) is 0 Å². The van der Waals surface area contributed by atoms with E-state index < -0.39 is 6.04 Å². The van der Waals surface area contributed by atoms with Crippen LogP contribution in [-0.2, 0) is 16.1 Å². The zero-order chi connectivity index (χ0) is 20.5. The Morgan fingerprint density at radius 1 is 1.04 bits per heavy atom. The number of nitrogens with one attached hydrogen (secondary N) is 1. The predicted octanol–water partition coefficient (Wildman–Crippen LogP) is 3.71. The topological polar surface area (TPSA) is 58.6 Å². The van der Waals surface area contributed by atoms with Crippen LogP contribution in [0.15, 0.2) is 54.6 Å². The molecule has 0 saturated heterocycles. The number of carbonyl (C=O) groups is 2. The summed E-state index contributed by atoms with van der Waals surface area (Å²) in [5.74, 6) is 0.281. The average molecular weight is 383 g/mol. The molecule has 0 heterocycles. The maximum Gasteiger partial charge on any atom is 0.261 e. The second kappa shape index (κ2) is 10.5. The van der Waals surface area contributed by atoms with Gasteiger partial charge in [-0.2, -0.15) is 0 Å². The molecule has 0 aliphatic rings. The van der Waals surface area contributed by atoms with Crippen LogP contribution in [0.2, 0.25) is 0 Å². The van der Waals surface area contributed by atoms with Crippen LogP contribution < -0.4 is 10.1 Å². The second-order valence-electron chi connectivity index (χ2n) is 7.14. The molecule has 28 heavy (non-hydrogen) atoms. The van der Waals surface area contributed by atoms with Crippen molar-refractivity contribution in [1.82, 2.24) is 10.2 Å². The van der Waals surface area contributed by atoms with Crippen LogP contribution in [0.4, 0.5) is 0 Å². The number of hydrogen-bond acceptors (Lipinski definition) is 3. The Kier molecular flexibility index (Phi) is 8.05. The Hall–Kier alpha value is -2.82. The summed E-state index contributed by atoms with van der Waals surface area (Å²) in [7, 11) is 0. The number of rotatable bonds is 9. The van der Waals surface area contributed by atoms with Crippen LogP contribution in [0.25, 0.3) is 0 Å². The standard InChI is InChI=1S/C23H30N2O3/c1-5-21(23(27)24-17(2)3)25(15-19-12-10-9-11-18(19)4)22(26)16-28-20-13-7-6-8-14-20/h6-14,17,21H,5,15-16H2,1-4H3,(H,24,27)/t21-/m0/s1. The molecule has 0 bridgehead atoms. The molecule has 1 N–H and O–H groups in total. The molecule has 5 heteroatoms. The van der Waals surface area contributed by atoms with Crippen LogP contribution >= 0.6 is 0 Å². The average Bonchev–Trinajstić information content (AvgIpc) is 2.67. The van der Waals surface area contributed by atoms with E-state index in [0.717, 1.165) is 11.1 Å². The summed E-state index contributed by atoms with van der Waals surface area (Å²) in [4.78, 5) is 27.4. The van der Waals surface area contributed by atoms with E-state index in [1.165, 1.54) is 0 Å². The van der Waals surface area contributed by atoms with Gasteiger partial charge in [0.15, 0.2) is 6.61 Å². The van der Waals surface area contributed by atoms with Gasteiger partial charge in [-0.1, -0.05) is 49.4 Å². The smallest absolute Gasteiger partial charge is 0.261 e. The fourth-order valence-electron chi connectivity index (χ4n) is 3.02. The van der Waals surface area contributed by atoms with Crippen molar-refractivity contribution in [3.05, 3.63) is 65.7 Å². The molecule has 0 radical (unpaired) electrons. The van der Waals surface area contributed by atoms with E-state index in [4.69, 9.17) is 4.74 Å². The van der Waals surface area contributed by atoms with Gasteiger partial charge in [0.2, 0.25) is 5.91 Å². The summed E-state index contributed by atoms with van der Waals surface area (Å²) in [6, 6.07) is 16.6. The molecule has 5 nitrogen and oxygen atoms in total. The van der Waals surface area contributed by atoms with E-state index in [2.05, 4.69) is 5.32 Å². The SMILES string of the molecule is CC[C@@H](C(=O)NC(C)C)N(Cc1ccccc1C)C(=O)COc1ccccc1. The molecule has 0 spiro atoms. The van der Waals surface area contributed by atoms with Gasteiger partial charge in [-0.15, -0.1) is 0 Å². The first-order chi connectivity index (χ1) is 13.4. The first-order valence-electron chi connectivity index (χ1n) is 9.74. The molecule has 0 unspecified atom stereocenters. The lowest BCUT2D eigenvalue weighted by Gasteiger charge is -2.31. The predicted molar refractivity (Wildman–Crippen MR) is 111 cm³/mol. The maximum atomic E-state index is 13.0. The van der Waals surface area contributed by atoms with Gasteiger partial charge in [0.25, 0.3) is 5.91 Å². The number of aryl methyl sites for hydroxylation is 1. The largest absolute Gasteiger partial charge is 0.484 e. The minimum absolute atomic E-state index is 0.0116. The lowest BCUT2D eigenvalue weighted by atomic mass is 10.1. The molecule has 2 aromatic carbocycles. The van der Waals surface area contributed by atoms with Crippen molar-refractivity contribution in [2.45, 2.75) is 52.7 Å². The van der Waals surface area contributed by atoms with Crippen LogP contribution in [0, 0.1) is 6.92 Å². The molecule has 0 saturated carbocycles. The van der Waals surface area contributed by atoms with Crippen molar-refractivity contribution < 1.29 is 14.3 Å². The third kappa shape index (κ3) is 6.12. The first kappa shape index (κ1) is 21.5. The highest BCUT2D eigenvalue weighted by Gasteiger charge is 2.29. The van der Waals surface area contributed by atoms with Gasteiger partial charge in [0.1, 0.15) is 11.8 Å². The monoisotopic (exact) mass is 382 g/mol. The lowest BCUT2D eigenvalue weighted by molar-refractivity contribution is -0.143. The van der Waals surface area contributed by atoms with Gasteiger partial charge in [-0.3, -0.25) is 9.59 Å². The summed E-state index contributed by atoms with van der Waals surface area (Å²) in [6.45, 7) is 8.01. The minimum atomic E-state index is -0.547. The number of hydrogen-bond donors (Lipinski definition) is 1. The molecule has 0 aliphatic heterocycles. The normalized spacial score (nSPS) is 11.8. The molecule has 150 valence electrons. The van der Waals surface area contributed by atoms with Crippen LogP contribution in [0.1, 0.15) is 38.3 Å². The summed E-state index contributed by atoms with van der Waals surface area (Å²) < 4.78 is 5.65. The van der Waals surface area contributed by atoms with Gasteiger partial charge in [-0.05, 0) is 50.5 Å². The molecular formula is C23H30N2O3. The quantitative estimate of drug-likeness (QED) is 0.719. The Bertz CT molecular complexity index is 774. The molecule has 0 aromatic heterocycles. The second-order valence-corrected chi connectivity index (χ2v) is 7.14. The summed E-state index contributed by atoms with van der Waals surface area (Å²) in [6.07, 6.45) is 0.529. The van der Waals surface area contributed by atoms with Gasteiger partial charge in [0, 0.05) is 12.6 Å². The van der Waals surface area contributed by atoms with Gasteiger partial charge in [-0.25, -0.2) is 0 Å². The Morgan fingerprint density at radius 2 is 1.68 bits per heavy atom. The van der Waals surface area contributed by atoms with E-state index in [1.54, 1.807) is 4.90 Å². The molecule has 1 atom stereocenters. The zero-order valence-electron chi connectivity index (χ0n) is 17.1. The molecule has 0 aliphatic carbocycles. The molecule has 2 amide bonds. The Balaban J connectivity index is 2.22. The number of amides is 2. The van der Waals surface area contributed by atoms with E-state index in [1.807, 2.05) is 82.3 Å². The van der Waals surface area contributed by atoms with Crippen LogP contribution in [-0.4, -0.2) is 35.4 Å². The fraction of sp³-hybridized carbons (Fsp3) is 0.391. The summed E-state index contributed by atoms with van der Waals surface area (Å²) in [5, 5.41) is 2.93. The van der Waals surface area contributed by atoms with E-state index in [9.17, 15) is 9.59 Å². The van der Waals surface area contributed by atoms with Crippen molar-refractivity contribution in [3.63, 3.8) is 0 Å². The van der Waals surface area contributed by atoms with Crippen LogP contribution in [0.5, 0.6) is 5.75 Å². The van der Waals surface area contributed by atoms with Crippen molar-refractivity contribution in [3.8, 4) is 5.75 Å².